The molecule has 0 radical (unpaired) electrons. The third-order valence-corrected chi connectivity index (χ3v) is 3.40. The summed E-state index contributed by atoms with van der Waals surface area (Å²) in [7, 11) is 0. The van der Waals surface area contributed by atoms with Gasteiger partial charge in [-0.05, 0) is 30.3 Å². The summed E-state index contributed by atoms with van der Waals surface area (Å²) in [4.78, 5) is 16.9. The van der Waals surface area contributed by atoms with Crippen LogP contribution in [0.25, 0.3) is 5.52 Å². The molecule has 5 heteroatoms. The van der Waals surface area contributed by atoms with Crippen LogP contribution in [0.15, 0.2) is 48.7 Å². The topological polar surface area (TPSA) is 70.2 Å². The number of anilines is 1. The maximum Gasteiger partial charge on any atom is 0.276 e. The minimum Gasteiger partial charge on any atom is -0.321 e. The smallest absolute Gasteiger partial charge is 0.276 e. The summed E-state index contributed by atoms with van der Waals surface area (Å²) < 4.78 is 1.92. The van der Waals surface area contributed by atoms with Gasteiger partial charge in [0.15, 0.2) is 5.69 Å². The molecule has 0 spiro atoms. The molecule has 1 aromatic carbocycles. The lowest BCUT2D eigenvalue weighted by molar-refractivity contribution is 0.102. The van der Waals surface area contributed by atoms with Crippen LogP contribution in [0.1, 0.15) is 28.8 Å². The average Bonchev–Trinajstić information content (AvgIpc) is 2.94. The molecule has 0 aliphatic rings. The van der Waals surface area contributed by atoms with E-state index < -0.39 is 0 Å². The molecule has 108 valence electrons. The van der Waals surface area contributed by atoms with Crippen molar-refractivity contribution in [3.8, 4) is 6.07 Å². The Morgan fingerprint density at radius 2 is 2.18 bits per heavy atom. The lowest BCUT2D eigenvalue weighted by Crippen LogP contribution is -2.13. The van der Waals surface area contributed by atoms with Crippen molar-refractivity contribution in [1.82, 2.24) is 9.38 Å². The molecule has 3 aromatic rings. The molecule has 22 heavy (non-hydrogen) atoms. The number of fused-ring (bicyclic) bond motifs is 1. The van der Waals surface area contributed by atoms with Gasteiger partial charge in [-0.2, -0.15) is 5.26 Å². The number of nitrogens with zero attached hydrogens (tertiary/aromatic N) is 3. The van der Waals surface area contributed by atoms with Crippen molar-refractivity contribution in [3.63, 3.8) is 0 Å². The van der Waals surface area contributed by atoms with Crippen LogP contribution in [0, 0.1) is 11.3 Å². The quantitative estimate of drug-likeness (QED) is 0.806. The van der Waals surface area contributed by atoms with Crippen LogP contribution >= 0.6 is 0 Å². The number of aromatic nitrogens is 2. The summed E-state index contributed by atoms with van der Waals surface area (Å²) in [6.07, 6.45) is 2.64. The van der Waals surface area contributed by atoms with Gasteiger partial charge in [-0.3, -0.25) is 4.79 Å². The average molecular weight is 290 g/mol. The van der Waals surface area contributed by atoms with Crippen LogP contribution in [0.3, 0.4) is 0 Å². The number of hydrogen-bond donors (Lipinski definition) is 1. The summed E-state index contributed by atoms with van der Waals surface area (Å²) >= 11 is 0. The van der Waals surface area contributed by atoms with Crippen molar-refractivity contribution in [3.05, 3.63) is 65.7 Å². The fraction of sp³-hybridized carbons (Fsp3) is 0.118. The molecule has 0 unspecified atom stereocenters. The molecular formula is C17H14N4O. The maximum atomic E-state index is 12.5. The Labute approximate surface area is 127 Å². The Bertz CT molecular complexity index is 889. The van der Waals surface area contributed by atoms with E-state index in [9.17, 15) is 4.79 Å². The lowest BCUT2D eigenvalue weighted by Gasteiger charge is -2.03. The highest BCUT2D eigenvalue weighted by atomic mass is 16.1. The van der Waals surface area contributed by atoms with Crippen LogP contribution in [0.5, 0.6) is 0 Å². The minimum absolute atomic E-state index is 0.279. The summed E-state index contributed by atoms with van der Waals surface area (Å²) in [5, 5.41) is 11.7. The van der Waals surface area contributed by atoms with Gasteiger partial charge in [0.05, 0.1) is 17.1 Å². The molecule has 0 saturated carbocycles. The molecule has 1 N–H and O–H groups in total. The van der Waals surface area contributed by atoms with Crippen LogP contribution < -0.4 is 5.32 Å². The highest BCUT2D eigenvalue weighted by Crippen LogP contribution is 2.16. The molecular weight excluding hydrogens is 276 g/mol. The number of pyridine rings is 1. The Kier molecular flexibility index (Phi) is 3.58. The first-order chi connectivity index (χ1) is 10.7. The molecule has 0 fully saturated rings. The van der Waals surface area contributed by atoms with Crippen LogP contribution in [-0.2, 0) is 6.42 Å². The first-order valence-corrected chi connectivity index (χ1v) is 7.00. The maximum absolute atomic E-state index is 12.5. The molecule has 1 amide bonds. The van der Waals surface area contributed by atoms with Gasteiger partial charge in [0.2, 0.25) is 0 Å². The van der Waals surface area contributed by atoms with Crippen molar-refractivity contribution < 1.29 is 4.79 Å². The van der Waals surface area contributed by atoms with E-state index >= 15 is 0 Å². The number of nitrogens with one attached hydrogen (secondary N) is 1. The summed E-state index contributed by atoms with van der Waals surface area (Å²) in [5.74, 6) is 0.560. The largest absolute Gasteiger partial charge is 0.321 e. The highest BCUT2D eigenvalue weighted by molar-refractivity contribution is 6.07. The number of rotatable bonds is 3. The zero-order valence-electron chi connectivity index (χ0n) is 12.1. The van der Waals surface area contributed by atoms with Crippen LogP contribution in [0.2, 0.25) is 0 Å². The first kappa shape index (κ1) is 13.8. The summed E-state index contributed by atoms with van der Waals surface area (Å²) in [5.41, 5.74) is 2.24. The van der Waals surface area contributed by atoms with Crippen LogP contribution in [0.4, 0.5) is 5.69 Å². The molecule has 2 aromatic heterocycles. The Balaban J connectivity index is 1.97. The van der Waals surface area contributed by atoms with Gasteiger partial charge in [0.25, 0.3) is 5.91 Å². The number of amides is 1. The number of carbonyl (C=O) groups is 1. The Hall–Kier alpha value is -3.13. The molecule has 3 rings (SSSR count). The van der Waals surface area contributed by atoms with Crippen molar-refractivity contribution in [2.45, 2.75) is 13.3 Å². The van der Waals surface area contributed by atoms with E-state index in [4.69, 9.17) is 5.26 Å². The number of benzene rings is 1. The van der Waals surface area contributed by atoms with E-state index in [0.717, 1.165) is 17.8 Å². The normalized spacial score (nSPS) is 10.4. The number of imidazole rings is 1. The number of nitriles is 1. The molecule has 2 heterocycles. The van der Waals surface area contributed by atoms with Gasteiger partial charge in [-0.25, -0.2) is 4.98 Å². The standard InChI is InChI=1S/C17H14N4O/c1-2-15-20-16(14-8-3-4-9-21(14)15)17(22)19-13-7-5-6-12(10-13)11-18/h3-10H,2H2,1H3,(H,19,22). The van der Waals surface area contributed by atoms with E-state index in [1.165, 1.54) is 0 Å². The second-order valence-corrected chi connectivity index (χ2v) is 4.83. The van der Waals surface area contributed by atoms with Crippen molar-refractivity contribution >= 4 is 17.1 Å². The monoisotopic (exact) mass is 290 g/mol. The minimum atomic E-state index is -0.279. The van der Waals surface area contributed by atoms with Crippen LogP contribution in [-0.4, -0.2) is 15.3 Å². The van der Waals surface area contributed by atoms with E-state index in [1.807, 2.05) is 35.7 Å². The predicted molar refractivity (Wildman–Crippen MR) is 83.7 cm³/mol. The second kappa shape index (κ2) is 5.70. The third-order valence-electron chi connectivity index (χ3n) is 3.40. The summed E-state index contributed by atoms with van der Waals surface area (Å²) in [6, 6.07) is 14.5. The van der Waals surface area contributed by atoms with Crippen molar-refractivity contribution in [1.29, 1.82) is 5.26 Å². The van der Waals surface area contributed by atoms with Gasteiger partial charge in [0.1, 0.15) is 5.82 Å². The van der Waals surface area contributed by atoms with Gasteiger partial charge < -0.3 is 9.72 Å². The zero-order valence-corrected chi connectivity index (χ0v) is 12.1. The van der Waals surface area contributed by atoms with E-state index in [2.05, 4.69) is 16.4 Å². The number of hydrogen-bond acceptors (Lipinski definition) is 3. The molecule has 0 atom stereocenters. The first-order valence-electron chi connectivity index (χ1n) is 7.00. The fourth-order valence-electron chi connectivity index (χ4n) is 2.37. The molecule has 5 nitrogen and oxygen atoms in total. The number of carbonyl (C=O) groups excluding carboxylic acids is 1. The molecule has 0 aliphatic carbocycles. The van der Waals surface area contributed by atoms with Gasteiger partial charge in [-0.15, -0.1) is 0 Å². The lowest BCUT2D eigenvalue weighted by atomic mass is 10.2. The third kappa shape index (κ3) is 2.42. The summed E-state index contributed by atoms with van der Waals surface area (Å²) in [6.45, 7) is 2.00. The van der Waals surface area contributed by atoms with E-state index in [-0.39, 0.29) is 5.91 Å². The van der Waals surface area contributed by atoms with Gasteiger partial charge >= 0.3 is 0 Å². The van der Waals surface area contributed by atoms with Gasteiger partial charge in [-0.1, -0.05) is 19.1 Å². The van der Waals surface area contributed by atoms with Crippen molar-refractivity contribution in [2.24, 2.45) is 0 Å². The Morgan fingerprint density at radius 1 is 1.32 bits per heavy atom. The van der Waals surface area contributed by atoms with Crippen molar-refractivity contribution in [2.75, 3.05) is 5.32 Å². The van der Waals surface area contributed by atoms with Gasteiger partial charge in [0, 0.05) is 18.3 Å². The predicted octanol–water partition coefficient (Wildman–Crippen LogP) is 3.02. The van der Waals surface area contributed by atoms with E-state index in [1.54, 1.807) is 24.3 Å². The second-order valence-electron chi connectivity index (χ2n) is 4.83. The molecule has 0 saturated heterocycles. The fourth-order valence-corrected chi connectivity index (χ4v) is 2.37. The van der Waals surface area contributed by atoms with E-state index in [0.29, 0.717) is 16.9 Å². The number of aryl methyl sites for hydroxylation is 1. The molecule has 0 bridgehead atoms. The zero-order chi connectivity index (χ0) is 15.5. The Morgan fingerprint density at radius 3 is 2.95 bits per heavy atom. The highest BCUT2D eigenvalue weighted by Gasteiger charge is 2.16. The molecule has 0 aliphatic heterocycles. The SMILES string of the molecule is CCc1nc(C(=O)Nc2cccc(C#N)c2)c2ccccn12.